The summed E-state index contributed by atoms with van der Waals surface area (Å²) in [7, 11) is 0. The second-order valence-electron chi connectivity index (χ2n) is 3.85. The molecule has 0 spiro atoms. The minimum Gasteiger partial charge on any atom is -0.478 e. The van der Waals surface area contributed by atoms with Gasteiger partial charge in [0.05, 0.1) is 5.56 Å². The van der Waals surface area contributed by atoms with Crippen LogP contribution in [0.15, 0.2) is 23.8 Å². The van der Waals surface area contributed by atoms with E-state index in [0.29, 0.717) is 18.1 Å². The first-order chi connectivity index (χ1) is 7.49. The predicted molar refractivity (Wildman–Crippen MR) is 63.9 cm³/mol. The maximum atomic E-state index is 10.8. The standard InChI is InChI=1S/C12H16N2O2/c1-8(2)4-5-13-11-7-10(12(15)16)6-9(3)14-11/h4,6-7H,5H2,1-3H3,(H,13,14)(H,15,16). The average molecular weight is 220 g/mol. The highest BCUT2D eigenvalue weighted by Gasteiger charge is 2.05. The number of hydrogen-bond acceptors (Lipinski definition) is 3. The second kappa shape index (κ2) is 5.30. The number of carbonyl (C=O) groups is 1. The Morgan fingerprint density at radius 1 is 1.50 bits per heavy atom. The summed E-state index contributed by atoms with van der Waals surface area (Å²) in [5.74, 6) is -0.342. The molecule has 1 aromatic heterocycles. The lowest BCUT2D eigenvalue weighted by Gasteiger charge is -2.05. The van der Waals surface area contributed by atoms with Crippen LogP contribution in [-0.4, -0.2) is 22.6 Å². The zero-order chi connectivity index (χ0) is 12.1. The van der Waals surface area contributed by atoms with Gasteiger partial charge in [0.25, 0.3) is 0 Å². The van der Waals surface area contributed by atoms with E-state index in [1.807, 2.05) is 19.9 Å². The highest BCUT2D eigenvalue weighted by atomic mass is 16.4. The van der Waals surface area contributed by atoms with Gasteiger partial charge in [-0.15, -0.1) is 0 Å². The molecule has 0 aliphatic heterocycles. The van der Waals surface area contributed by atoms with E-state index >= 15 is 0 Å². The minimum atomic E-state index is -0.934. The van der Waals surface area contributed by atoms with Crippen LogP contribution in [0.25, 0.3) is 0 Å². The Labute approximate surface area is 95.0 Å². The number of hydrogen-bond donors (Lipinski definition) is 2. The molecule has 0 unspecified atom stereocenters. The number of aromatic nitrogens is 1. The summed E-state index contributed by atoms with van der Waals surface area (Å²) in [6, 6.07) is 3.09. The number of carboxylic acid groups (broad SMARTS) is 1. The van der Waals surface area contributed by atoms with Crippen LogP contribution in [0.3, 0.4) is 0 Å². The van der Waals surface area contributed by atoms with Crippen LogP contribution in [0.4, 0.5) is 5.82 Å². The van der Waals surface area contributed by atoms with Gasteiger partial charge >= 0.3 is 5.97 Å². The minimum absolute atomic E-state index is 0.257. The van der Waals surface area contributed by atoms with E-state index in [1.54, 1.807) is 13.0 Å². The number of aromatic carboxylic acids is 1. The molecule has 0 radical (unpaired) electrons. The summed E-state index contributed by atoms with van der Waals surface area (Å²) in [6.45, 7) is 6.44. The van der Waals surface area contributed by atoms with Crippen LogP contribution < -0.4 is 5.32 Å². The third-order valence-corrected chi connectivity index (χ3v) is 1.99. The molecule has 4 nitrogen and oxygen atoms in total. The molecule has 0 bridgehead atoms. The Bertz CT molecular complexity index is 421. The third-order valence-electron chi connectivity index (χ3n) is 1.99. The van der Waals surface area contributed by atoms with Crippen LogP contribution in [0, 0.1) is 6.92 Å². The molecule has 86 valence electrons. The van der Waals surface area contributed by atoms with Crippen molar-refractivity contribution in [3.8, 4) is 0 Å². The lowest BCUT2D eigenvalue weighted by atomic mass is 10.2. The first kappa shape index (κ1) is 12.2. The number of nitrogens with zero attached hydrogens (tertiary/aromatic N) is 1. The van der Waals surface area contributed by atoms with Gasteiger partial charge in [-0.3, -0.25) is 0 Å². The Morgan fingerprint density at radius 2 is 2.19 bits per heavy atom. The predicted octanol–water partition coefficient (Wildman–Crippen LogP) is 2.47. The third kappa shape index (κ3) is 3.73. The van der Waals surface area contributed by atoms with E-state index in [1.165, 1.54) is 11.6 Å². The lowest BCUT2D eigenvalue weighted by Crippen LogP contribution is -2.05. The number of anilines is 1. The van der Waals surface area contributed by atoms with Crippen LogP contribution in [0.2, 0.25) is 0 Å². The molecule has 16 heavy (non-hydrogen) atoms. The van der Waals surface area contributed by atoms with Gasteiger partial charge in [-0.25, -0.2) is 9.78 Å². The fourth-order valence-corrected chi connectivity index (χ4v) is 1.24. The van der Waals surface area contributed by atoms with Gasteiger partial charge in [-0.2, -0.15) is 0 Å². The van der Waals surface area contributed by atoms with E-state index < -0.39 is 5.97 Å². The summed E-state index contributed by atoms with van der Waals surface area (Å²) in [5, 5.41) is 11.9. The normalized spacial score (nSPS) is 9.69. The van der Waals surface area contributed by atoms with E-state index in [0.717, 1.165) is 0 Å². The summed E-state index contributed by atoms with van der Waals surface area (Å²) in [6.07, 6.45) is 2.02. The topological polar surface area (TPSA) is 62.2 Å². The van der Waals surface area contributed by atoms with Crippen molar-refractivity contribution in [1.29, 1.82) is 0 Å². The number of allylic oxidation sites excluding steroid dienone is 1. The summed E-state index contributed by atoms with van der Waals surface area (Å²) in [5.41, 5.74) is 2.16. The van der Waals surface area contributed by atoms with Crippen LogP contribution >= 0.6 is 0 Å². The van der Waals surface area contributed by atoms with Gasteiger partial charge in [0.2, 0.25) is 0 Å². The van der Waals surface area contributed by atoms with Crippen molar-refractivity contribution in [3.63, 3.8) is 0 Å². The van der Waals surface area contributed by atoms with Gasteiger partial charge in [0, 0.05) is 12.2 Å². The molecule has 1 rings (SSSR count). The molecule has 0 aromatic carbocycles. The Kier molecular flexibility index (Phi) is 4.05. The molecule has 0 atom stereocenters. The van der Waals surface area contributed by atoms with Gasteiger partial charge in [0.15, 0.2) is 0 Å². The molecule has 0 aliphatic carbocycles. The molecule has 0 amide bonds. The SMILES string of the molecule is CC(C)=CCNc1cc(C(=O)O)cc(C)n1. The van der Waals surface area contributed by atoms with E-state index in [-0.39, 0.29) is 5.56 Å². The number of aryl methyl sites for hydroxylation is 1. The first-order valence-electron chi connectivity index (χ1n) is 5.08. The smallest absolute Gasteiger partial charge is 0.335 e. The van der Waals surface area contributed by atoms with Crippen LogP contribution in [0.1, 0.15) is 29.9 Å². The Morgan fingerprint density at radius 3 is 2.75 bits per heavy atom. The van der Waals surface area contributed by atoms with E-state index in [4.69, 9.17) is 5.11 Å². The summed E-state index contributed by atoms with van der Waals surface area (Å²) in [4.78, 5) is 15.0. The van der Waals surface area contributed by atoms with Gasteiger partial charge in [-0.1, -0.05) is 11.6 Å². The van der Waals surface area contributed by atoms with E-state index in [9.17, 15) is 4.79 Å². The van der Waals surface area contributed by atoms with Crippen molar-refractivity contribution in [1.82, 2.24) is 4.98 Å². The van der Waals surface area contributed by atoms with Crippen molar-refractivity contribution in [2.75, 3.05) is 11.9 Å². The second-order valence-corrected chi connectivity index (χ2v) is 3.85. The molecule has 0 saturated carbocycles. The maximum absolute atomic E-state index is 10.8. The highest BCUT2D eigenvalue weighted by molar-refractivity contribution is 5.88. The van der Waals surface area contributed by atoms with Gasteiger partial charge < -0.3 is 10.4 Å². The largest absolute Gasteiger partial charge is 0.478 e. The number of carboxylic acids is 1. The molecule has 4 heteroatoms. The van der Waals surface area contributed by atoms with Crippen molar-refractivity contribution in [2.45, 2.75) is 20.8 Å². The van der Waals surface area contributed by atoms with Gasteiger partial charge in [0.1, 0.15) is 5.82 Å². The molecule has 1 heterocycles. The number of rotatable bonds is 4. The van der Waals surface area contributed by atoms with Crippen molar-refractivity contribution in [3.05, 3.63) is 35.0 Å². The molecular weight excluding hydrogens is 204 g/mol. The van der Waals surface area contributed by atoms with Crippen molar-refractivity contribution in [2.24, 2.45) is 0 Å². The molecule has 2 N–H and O–H groups in total. The molecule has 0 fully saturated rings. The van der Waals surface area contributed by atoms with Crippen LogP contribution in [-0.2, 0) is 0 Å². The highest BCUT2D eigenvalue weighted by Crippen LogP contribution is 2.10. The molecule has 0 aliphatic rings. The zero-order valence-corrected chi connectivity index (χ0v) is 9.74. The maximum Gasteiger partial charge on any atom is 0.335 e. The Balaban J connectivity index is 2.80. The molecule has 1 aromatic rings. The van der Waals surface area contributed by atoms with E-state index in [2.05, 4.69) is 10.3 Å². The fraction of sp³-hybridized carbons (Fsp3) is 0.333. The molecule has 0 saturated heterocycles. The summed E-state index contributed by atoms with van der Waals surface area (Å²) < 4.78 is 0. The molecular formula is C12H16N2O2. The zero-order valence-electron chi connectivity index (χ0n) is 9.74. The quantitative estimate of drug-likeness (QED) is 0.765. The first-order valence-corrected chi connectivity index (χ1v) is 5.08. The average Bonchev–Trinajstić information content (AvgIpc) is 2.16. The van der Waals surface area contributed by atoms with Crippen LogP contribution in [0.5, 0.6) is 0 Å². The number of nitrogens with one attached hydrogen (secondary N) is 1. The van der Waals surface area contributed by atoms with Crippen molar-refractivity contribution >= 4 is 11.8 Å². The summed E-state index contributed by atoms with van der Waals surface area (Å²) >= 11 is 0. The number of pyridine rings is 1. The Hall–Kier alpha value is -1.84. The lowest BCUT2D eigenvalue weighted by molar-refractivity contribution is 0.0696. The monoisotopic (exact) mass is 220 g/mol. The van der Waals surface area contributed by atoms with Crippen molar-refractivity contribution < 1.29 is 9.90 Å². The fourth-order valence-electron chi connectivity index (χ4n) is 1.24. The van der Waals surface area contributed by atoms with Gasteiger partial charge in [-0.05, 0) is 32.9 Å².